The zero-order valence-electron chi connectivity index (χ0n) is 25.0. The number of anilines is 1. The molecule has 4 aliphatic rings. The number of alkyl halides is 2. The predicted molar refractivity (Wildman–Crippen MR) is 166 cm³/mol. The highest BCUT2D eigenvalue weighted by Crippen LogP contribution is 2.53. The fourth-order valence-corrected chi connectivity index (χ4v) is 8.89. The molecule has 16 heteroatoms. The molecule has 7 rings (SSSR count). The van der Waals surface area contributed by atoms with E-state index in [1.54, 1.807) is 26.8 Å². The molecule has 1 saturated carbocycles. The number of fused-ring (bicyclic) bond motifs is 3. The van der Waals surface area contributed by atoms with Crippen molar-refractivity contribution >= 4 is 52.7 Å². The number of aromatic nitrogens is 2. The van der Waals surface area contributed by atoms with Crippen LogP contribution < -0.4 is 15.5 Å². The number of nitrogens with zero attached hydrogens (tertiary/aromatic N) is 4. The lowest BCUT2D eigenvalue weighted by Gasteiger charge is -2.35. The number of imidazole rings is 1. The first-order valence-corrected chi connectivity index (χ1v) is 17.9. The van der Waals surface area contributed by atoms with Crippen molar-refractivity contribution in [3.8, 4) is 0 Å². The van der Waals surface area contributed by atoms with Gasteiger partial charge in [0.05, 0.1) is 17.5 Å². The molecule has 2 aromatic heterocycles. The first-order valence-electron chi connectivity index (χ1n) is 15.4. The van der Waals surface area contributed by atoms with Crippen LogP contribution in [0.4, 0.5) is 14.7 Å². The maximum atomic E-state index is 15.1. The molecule has 5 heterocycles. The summed E-state index contributed by atoms with van der Waals surface area (Å²) in [6.07, 6.45) is 5.40. The van der Waals surface area contributed by atoms with Gasteiger partial charge in [-0.1, -0.05) is 6.07 Å². The molecule has 246 valence electrons. The van der Waals surface area contributed by atoms with E-state index in [4.69, 9.17) is 0 Å². The van der Waals surface area contributed by atoms with E-state index in [9.17, 15) is 33.1 Å². The molecule has 3 amide bonds. The summed E-state index contributed by atoms with van der Waals surface area (Å²) >= 11 is 1.12. The number of carbonyl (C=O) groups excluding carboxylic acids is 3. The van der Waals surface area contributed by atoms with E-state index in [2.05, 4.69) is 15.6 Å². The Labute approximate surface area is 267 Å². The van der Waals surface area contributed by atoms with Crippen LogP contribution in [-0.2, 0) is 21.2 Å². The van der Waals surface area contributed by atoms with Gasteiger partial charge in [-0.25, -0.2) is 13.8 Å². The second kappa shape index (κ2) is 11.7. The van der Waals surface area contributed by atoms with Gasteiger partial charge in [-0.05, 0) is 73.1 Å². The molecule has 1 aromatic carbocycles. The minimum Gasteiger partial charge on any atom is -0.347 e. The number of rotatable bonds is 7. The minimum atomic E-state index is -5.00. The highest BCUT2D eigenvalue weighted by Gasteiger charge is 2.52. The SMILES string of the molecule is Cn1ccnc1N1C[C@H](NC(=O)[C@@H]2CC[C@@H]3C[C@H]4C[C@H]4C[C@H](NC(=O)c4cc5cc(C(F)P(=O)(O)O)ccc5s4)C(=O)N32)[C@@H](F)C1. The summed E-state index contributed by atoms with van der Waals surface area (Å²) in [5.41, 5.74) is -0.189. The number of hydrogen-bond acceptors (Lipinski definition) is 7. The van der Waals surface area contributed by atoms with Crippen molar-refractivity contribution in [3.05, 3.63) is 47.1 Å². The zero-order valence-corrected chi connectivity index (χ0v) is 26.7. The number of benzene rings is 1. The zero-order chi connectivity index (χ0) is 32.5. The topological polar surface area (TPSA) is 157 Å². The average Bonchev–Trinajstić information content (AvgIpc) is 3.44. The van der Waals surface area contributed by atoms with Crippen LogP contribution in [0, 0.1) is 11.8 Å². The number of nitrogens with one attached hydrogen (secondary N) is 2. The lowest BCUT2D eigenvalue weighted by Crippen LogP contribution is -2.58. The molecular weight excluding hydrogens is 641 g/mol. The molecule has 0 radical (unpaired) electrons. The van der Waals surface area contributed by atoms with Gasteiger partial charge in [-0.2, -0.15) is 0 Å². The molecule has 4 N–H and O–H groups in total. The van der Waals surface area contributed by atoms with Crippen LogP contribution >= 0.6 is 18.9 Å². The van der Waals surface area contributed by atoms with E-state index in [-0.39, 0.29) is 35.5 Å². The third-order valence-electron chi connectivity index (χ3n) is 9.83. The maximum absolute atomic E-state index is 15.1. The third kappa shape index (κ3) is 5.82. The molecule has 12 nitrogen and oxygen atoms in total. The number of halogens is 2. The molecule has 0 spiro atoms. The van der Waals surface area contributed by atoms with E-state index in [0.29, 0.717) is 47.1 Å². The van der Waals surface area contributed by atoms with Gasteiger partial charge < -0.3 is 34.8 Å². The van der Waals surface area contributed by atoms with Gasteiger partial charge in [-0.3, -0.25) is 18.9 Å². The van der Waals surface area contributed by atoms with Gasteiger partial charge >= 0.3 is 7.60 Å². The quantitative estimate of drug-likeness (QED) is 0.279. The van der Waals surface area contributed by atoms with E-state index >= 15 is 4.39 Å². The van der Waals surface area contributed by atoms with Crippen molar-refractivity contribution in [2.75, 3.05) is 18.0 Å². The van der Waals surface area contributed by atoms with E-state index in [1.165, 1.54) is 24.3 Å². The number of amides is 3. The van der Waals surface area contributed by atoms with Crippen molar-refractivity contribution in [3.63, 3.8) is 0 Å². The molecule has 8 atom stereocenters. The Morgan fingerprint density at radius 1 is 1.11 bits per heavy atom. The lowest BCUT2D eigenvalue weighted by atomic mass is 9.99. The summed E-state index contributed by atoms with van der Waals surface area (Å²) in [5, 5.41) is 6.20. The first kappa shape index (κ1) is 31.2. The van der Waals surface area contributed by atoms with Gasteiger partial charge in [0.2, 0.25) is 23.7 Å². The number of carbonyl (C=O) groups is 3. The van der Waals surface area contributed by atoms with Gasteiger partial charge in [-0.15, -0.1) is 11.3 Å². The normalized spacial score (nSPS) is 30.0. The van der Waals surface area contributed by atoms with Crippen LogP contribution in [0.1, 0.15) is 53.3 Å². The predicted octanol–water partition coefficient (Wildman–Crippen LogP) is 3.01. The van der Waals surface area contributed by atoms with E-state index in [0.717, 1.165) is 24.2 Å². The second-order valence-electron chi connectivity index (χ2n) is 13.0. The number of hydrogen-bond donors (Lipinski definition) is 4. The fourth-order valence-electron chi connectivity index (χ4n) is 7.40. The van der Waals surface area contributed by atoms with Crippen LogP contribution in [0.5, 0.6) is 0 Å². The molecule has 4 fully saturated rings. The number of aryl methyl sites for hydroxylation is 1. The van der Waals surface area contributed by atoms with Crippen molar-refractivity contribution in [2.24, 2.45) is 18.9 Å². The Balaban J connectivity index is 1.06. The van der Waals surface area contributed by atoms with Crippen LogP contribution in [0.2, 0.25) is 0 Å². The highest BCUT2D eigenvalue weighted by molar-refractivity contribution is 7.51. The molecule has 0 bridgehead atoms. The Morgan fingerprint density at radius 2 is 1.89 bits per heavy atom. The summed E-state index contributed by atoms with van der Waals surface area (Å²) in [5.74, 6) is -2.38. The van der Waals surface area contributed by atoms with Gasteiger partial charge in [0.25, 0.3) is 5.91 Å². The molecule has 3 saturated heterocycles. The maximum Gasteiger partial charge on any atom is 0.363 e. The summed E-state index contributed by atoms with van der Waals surface area (Å²) in [6, 6.07) is 3.08. The Morgan fingerprint density at radius 3 is 2.63 bits per heavy atom. The average molecular weight is 677 g/mol. The Bertz CT molecular complexity index is 1750. The van der Waals surface area contributed by atoms with Crippen molar-refractivity contribution in [1.82, 2.24) is 25.1 Å². The summed E-state index contributed by atoms with van der Waals surface area (Å²) in [6.45, 7) is 0.353. The molecule has 1 aliphatic carbocycles. The van der Waals surface area contributed by atoms with E-state index in [1.807, 2.05) is 7.05 Å². The smallest absolute Gasteiger partial charge is 0.347 e. The third-order valence-corrected chi connectivity index (χ3v) is 11.8. The second-order valence-corrected chi connectivity index (χ2v) is 15.7. The van der Waals surface area contributed by atoms with Crippen LogP contribution in [0.25, 0.3) is 10.1 Å². The summed E-state index contributed by atoms with van der Waals surface area (Å²) in [7, 11) is -3.18. The molecule has 46 heavy (non-hydrogen) atoms. The monoisotopic (exact) mass is 676 g/mol. The highest BCUT2D eigenvalue weighted by atomic mass is 32.1. The molecular formula is C30H35F2N6O6PS. The van der Waals surface area contributed by atoms with Crippen molar-refractivity contribution in [1.29, 1.82) is 0 Å². The van der Waals surface area contributed by atoms with Gasteiger partial charge in [0, 0.05) is 36.7 Å². The van der Waals surface area contributed by atoms with E-state index < -0.39 is 49.6 Å². The van der Waals surface area contributed by atoms with Crippen molar-refractivity contribution in [2.45, 2.75) is 68.4 Å². The number of thiophene rings is 1. The Kier molecular flexibility index (Phi) is 7.94. The standard InChI is InChI=1S/C30H35F2N6O6PS/c1-36-7-6-33-30(36)37-13-20(31)22(14-37)35-27(39)23-4-3-19-10-16-9-17(16)11-21(29(41)38(19)23)34-28(40)25-12-18-8-15(2-5-24(18)46-25)26(32)45(42,43)44/h2,5-8,12,16-17,19-23,26H,3-4,9-11,13-14H2,1H3,(H,34,40)(H,35,39)(H2,42,43,44)/t16-,17+,19-,20+,21+,22+,23+,26?/m1/s1. The summed E-state index contributed by atoms with van der Waals surface area (Å²) < 4.78 is 43.2. The first-order chi connectivity index (χ1) is 21.9. The molecule has 3 aromatic rings. The fraction of sp³-hybridized carbons (Fsp3) is 0.533. The Hall–Kier alpha value is -3.39. The van der Waals surface area contributed by atoms with Gasteiger partial charge in [0.15, 0.2) is 0 Å². The minimum absolute atomic E-state index is 0.0972. The van der Waals surface area contributed by atoms with Crippen LogP contribution in [-0.4, -0.2) is 85.4 Å². The van der Waals surface area contributed by atoms with Gasteiger partial charge in [0.1, 0.15) is 18.3 Å². The van der Waals surface area contributed by atoms with Crippen molar-refractivity contribution < 1.29 is 37.5 Å². The van der Waals surface area contributed by atoms with Crippen LogP contribution in [0.3, 0.4) is 0 Å². The summed E-state index contributed by atoms with van der Waals surface area (Å²) in [4.78, 5) is 67.6. The molecule has 3 aliphatic heterocycles. The molecule has 1 unspecified atom stereocenters. The lowest BCUT2D eigenvalue weighted by molar-refractivity contribution is -0.143. The van der Waals surface area contributed by atoms with Crippen LogP contribution in [0.15, 0.2) is 36.7 Å². The largest absolute Gasteiger partial charge is 0.363 e.